The number of pyridine rings is 1. The number of fused-ring (bicyclic) bond motifs is 2. The molecule has 5 rings (SSSR count). The second-order valence-electron chi connectivity index (χ2n) is 9.52. The van der Waals surface area contributed by atoms with Gasteiger partial charge in [-0.25, -0.2) is 14.2 Å². The fourth-order valence-electron chi connectivity index (χ4n) is 5.23. The van der Waals surface area contributed by atoms with E-state index in [0.717, 1.165) is 54.2 Å². The third-order valence-electron chi connectivity index (χ3n) is 7.19. The maximum atomic E-state index is 14.6. The maximum Gasteiger partial charge on any atom is 0.322 e. The summed E-state index contributed by atoms with van der Waals surface area (Å²) in [7, 11) is 0. The Kier molecular flexibility index (Phi) is 7.72. The molecule has 0 unspecified atom stereocenters. The highest BCUT2D eigenvalue weighted by Gasteiger charge is 2.48. The molecule has 37 heavy (non-hydrogen) atoms. The molecule has 2 aromatic carbocycles. The zero-order valence-corrected chi connectivity index (χ0v) is 22.3. The summed E-state index contributed by atoms with van der Waals surface area (Å²) < 4.78 is 14.6. The van der Waals surface area contributed by atoms with E-state index in [4.69, 9.17) is 34.8 Å². The second kappa shape index (κ2) is 11.0. The van der Waals surface area contributed by atoms with E-state index in [1.165, 1.54) is 6.07 Å². The van der Waals surface area contributed by atoms with Crippen LogP contribution in [0.15, 0.2) is 60.8 Å². The quantitative estimate of drug-likeness (QED) is 0.344. The summed E-state index contributed by atoms with van der Waals surface area (Å²) in [4.78, 5) is 21.3. The Morgan fingerprint density at radius 3 is 2.57 bits per heavy atom. The van der Waals surface area contributed by atoms with Crippen molar-refractivity contribution in [2.75, 3.05) is 31.1 Å². The van der Waals surface area contributed by atoms with Gasteiger partial charge in [0.1, 0.15) is 11.0 Å². The number of piperidine rings is 1. The molecule has 2 aliphatic heterocycles. The summed E-state index contributed by atoms with van der Waals surface area (Å²) in [5.41, 5.74) is 2.97. The van der Waals surface area contributed by atoms with Gasteiger partial charge in [0.25, 0.3) is 0 Å². The van der Waals surface area contributed by atoms with Gasteiger partial charge in [-0.3, -0.25) is 9.80 Å². The molecule has 5 nitrogen and oxygen atoms in total. The van der Waals surface area contributed by atoms with Gasteiger partial charge in [-0.15, -0.1) is 0 Å². The maximum absolute atomic E-state index is 14.6. The Labute approximate surface area is 230 Å². The average Bonchev–Trinajstić information content (AvgIpc) is 3.21. The predicted molar refractivity (Wildman–Crippen MR) is 148 cm³/mol. The van der Waals surface area contributed by atoms with E-state index < -0.39 is 5.82 Å². The molecule has 1 saturated heterocycles. The summed E-state index contributed by atoms with van der Waals surface area (Å²) in [5.74, 6) is -0.457. The molecule has 3 heterocycles. The monoisotopic (exact) mass is 558 g/mol. The molecule has 0 atom stereocenters. The smallest absolute Gasteiger partial charge is 0.322 e. The van der Waals surface area contributed by atoms with Crippen LogP contribution >= 0.6 is 34.8 Å². The van der Waals surface area contributed by atoms with Gasteiger partial charge in [-0.05, 0) is 73.5 Å². The lowest BCUT2D eigenvalue weighted by Gasteiger charge is -2.39. The van der Waals surface area contributed by atoms with Gasteiger partial charge in [-0.1, -0.05) is 59.1 Å². The van der Waals surface area contributed by atoms with E-state index in [1.54, 1.807) is 29.3 Å². The highest BCUT2D eigenvalue weighted by molar-refractivity contribution is 6.32. The third-order valence-corrected chi connectivity index (χ3v) is 8.02. The second-order valence-corrected chi connectivity index (χ2v) is 10.7. The first-order valence-corrected chi connectivity index (χ1v) is 13.3. The van der Waals surface area contributed by atoms with E-state index in [9.17, 15) is 9.18 Å². The van der Waals surface area contributed by atoms with Crippen molar-refractivity contribution in [3.05, 3.63) is 98.5 Å². The SMILES string of the molecule is O=C(NCc1ccnc(Cl)c1)N1CC2(CCN(C/C=C/c3ccc(Cl)cc3)CC2)c2c1ccc(F)c2Cl. The minimum absolute atomic E-state index is 0.116. The van der Waals surface area contributed by atoms with Crippen LogP contribution in [-0.4, -0.2) is 42.1 Å². The lowest BCUT2D eigenvalue weighted by Crippen LogP contribution is -2.47. The minimum Gasteiger partial charge on any atom is -0.334 e. The van der Waals surface area contributed by atoms with Gasteiger partial charge in [0, 0.05) is 41.8 Å². The molecule has 9 heteroatoms. The Hall–Kier alpha value is -2.64. The van der Waals surface area contributed by atoms with E-state index in [0.29, 0.717) is 23.9 Å². The normalized spacial score (nSPS) is 16.9. The van der Waals surface area contributed by atoms with Crippen LogP contribution in [0.4, 0.5) is 14.9 Å². The Bertz CT molecular complexity index is 1320. The molecule has 0 saturated carbocycles. The number of nitrogens with zero attached hydrogens (tertiary/aromatic N) is 3. The molecule has 2 aliphatic rings. The van der Waals surface area contributed by atoms with Crippen LogP contribution in [0.3, 0.4) is 0 Å². The van der Waals surface area contributed by atoms with E-state index in [2.05, 4.69) is 27.4 Å². The average molecular weight is 560 g/mol. The molecule has 0 radical (unpaired) electrons. The van der Waals surface area contributed by atoms with E-state index in [1.807, 2.05) is 24.3 Å². The summed E-state index contributed by atoms with van der Waals surface area (Å²) in [5, 5.41) is 4.16. The number of carbonyl (C=O) groups is 1. The van der Waals surface area contributed by atoms with Crippen LogP contribution in [0.2, 0.25) is 15.2 Å². The molecule has 2 amide bonds. The van der Waals surface area contributed by atoms with Crippen LogP contribution in [0.25, 0.3) is 6.08 Å². The largest absolute Gasteiger partial charge is 0.334 e. The number of likely N-dealkylation sites (tertiary alicyclic amines) is 1. The number of benzene rings is 2. The summed E-state index contributed by atoms with van der Waals surface area (Å²) in [6.07, 6.45) is 7.38. The lowest BCUT2D eigenvalue weighted by molar-refractivity contribution is 0.180. The molecule has 1 N–H and O–H groups in total. The number of aromatic nitrogens is 1. The molecule has 1 spiro atoms. The Morgan fingerprint density at radius 1 is 1.08 bits per heavy atom. The van der Waals surface area contributed by atoms with Crippen LogP contribution in [0.5, 0.6) is 0 Å². The van der Waals surface area contributed by atoms with Crippen LogP contribution in [-0.2, 0) is 12.0 Å². The molecule has 3 aromatic rings. The van der Waals surface area contributed by atoms with Gasteiger partial charge in [0.15, 0.2) is 0 Å². The van der Waals surface area contributed by atoms with Crippen molar-refractivity contribution in [3.8, 4) is 0 Å². The number of nitrogens with one attached hydrogen (secondary N) is 1. The molecule has 0 bridgehead atoms. The molecule has 192 valence electrons. The van der Waals surface area contributed by atoms with Crippen molar-refractivity contribution in [3.63, 3.8) is 0 Å². The highest BCUT2D eigenvalue weighted by Crippen LogP contribution is 2.50. The number of carbonyl (C=O) groups excluding carboxylic acids is 1. The Morgan fingerprint density at radius 2 is 1.84 bits per heavy atom. The third kappa shape index (κ3) is 5.63. The first-order chi connectivity index (χ1) is 17.8. The number of urea groups is 1. The van der Waals surface area contributed by atoms with Gasteiger partial charge in [0.05, 0.1) is 10.7 Å². The first kappa shape index (κ1) is 26.0. The van der Waals surface area contributed by atoms with E-state index >= 15 is 0 Å². The number of anilines is 1. The first-order valence-electron chi connectivity index (χ1n) is 12.1. The molecule has 0 aliphatic carbocycles. The summed E-state index contributed by atoms with van der Waals surface area (Å²) in [6.45, 7) is 3.22. The fourth-order valence-corrected chi connectivity index (χ4v) is 5.91. The van der Waals surface area contributed by atoms with Gasteiger partial charge < -0.3 is 5.32 Å². The van der Waals surface area contributed by atoms with E-state index in [-0.39, 0.29) is 16.5 Å². The fraction of sp³-hybridized carbons (Fsp3) is 0.286. The lowest BCUT2D eigenvalue weighted by atomic mass is 9.74. The van der Waals surface area contributed by atoms with Crippen molar-refractivity contribution in [2.24, 2.45) is 0 Å². The van der Waals surface area contributed by atoms with Gasteiger partial charge in [-0.2, -0.15) is 0 Å². The van der Waals surface area contributed by atoms with Crippen LogP contribution < -0.4 is 10.2 Å². The molecular formula is C28H26Cl3FN4O. The molecule has 1 fully saturated rings. The number of halogens is 4. The number of hydrogen-bond acceptors (Lipinski definition) is 3. The Balaban J connectivity index is 1.28. The molecular weight excluding hydrogens is 534 g/mol. The summed E-state index contributed by atoms with van der Waals surface area (Å²) in [6, 6.07) is 14.0. The standard InChI is InChI=1S/C28H26Cl3FN4O/c29-21-5-3-19(4-6-21)2-1-13-35-14-10-28(11-15-35)18-36(23-8-7-22(32)26(31)25(23)28)27(37)34-17-20-9-12-33-24(30)16-20/h1-9,12,16H,10-11,13-15,17-18H2,(H,34,37)/b2-1+. The van der Waals surface area contributed by atoms with Crippen molar-refractivity contribution < 1.29 is 9.18 Å². The van der Waals surface area contributed by atoms with Crippen molar-refractivity contribution in [1.82, 2.24) is 15.2 Å². The predicted octanol–water partition coefficient (Wildman–Crippen LogP) is 6.96. The number of amides is 2. The van der Waals surface area contributed by atoms with Crippen molar-refractivity contribution in [2.45, 2.75) is 24.8 Å². The summed E-state index contributed by atoms with van der Waals surface area (Å²) >= 11 is 18.5. The number of hydrogen-bond donors (Lipinski definition) is 1. The minimum atomic E-state index is -0.457. The number of rotatable bonds is 5. The highest BCUT2D eigenvalue weighted by atomic mass is 35.5. The van der Waals surface area contributed by atoms with Crippen molar-refractivity contribution in [1.29, 1.82) is 0 Å². The zero-order chi connectivity index (χ0) is 26.0. The molecule has 1 aromatic heterocycles. The van der Waals surface area contributed by atoms with Crippen LogP contribution in [0, 0.1) is 5.82 Å². The van der Waals surface area contributed by atoms with Crippen LogP contribution in [0.1, 0.15) is 29.5 Å². The van der Waals surface area contributed by atoms with Gasteiger partial charge in [0.2, 0.25) is 0 Å². The van der Waals surface area contributed by atoms with Gasteiger partial charge >= 0.3 is 6.03 Å². The topological polar surface area (TPSA) is 48.5 Å². The zero-order valence-electron chi connectivity index (χ0n) is 20.1. The van der Waals surface area contributed by atoms with Crippen molar-refractivity contribution >= 4 is 52.6 Å².